The number of hydrogen-bond acceptors (Lipinski definition) is 5. The van der Waals surface area contributed by atoms with Gasteiger partial charge in [-0.3, -0.25) is 9.69 Å². The first kappa shape index (κ1) is 21.3. The van der Waals surface area contributed by atoms with Crippen molar-refractivity contribution in [3.63, 3.8) is 0 Å². The zero-order chi connectivity index (χ0) is 21.7. The number of halogens is 1. The molecule has 0 atom stereocenters. The summed E-state index contributed by atoms with van der Waals surface area (Å²) < 4.78 is 25.4. The third-order valence-corrected chi connectivity index (χ3v) is 4.52. The van der Waals surface area contributed by atoms with E-state index in [1.165, 1.54) is 12.1 Å². The first-order chi connectivity index (χ1) is 14.4. The SMILES string of the molecule is COc1ccc(CN(C)CC(=O)Nc2cc(C)nn2-c2ccc(F)cc2)c(OC)c1. The molecule has 0 bridgehead atoms. The average molecular weight is 412 g/mol. The molecule has 158 valence electrons. The van der Waals surface area contributed by atoms with E-state index in [0.717, 1.165) is 11.3 Å². The molecule has 0 aliphatic carbocycles. The number of rotatable bonds is 8. The highest BCUT2D eigenvalue weighted by atomic mass is 19.1. The molecule has 7 nitrogen and oxygen atoms in total. The fourth-order valence-electron chi connectivity index (χ4n) is 3.12. The van der Waals surface area contributed by atoms with Crippen LogP contribution < -0.4 is 14.8 Å². The fraction of sp³-hybridized carbons (Fsp3) is 0.273. The number of anilines is 1. The molecule has 1 amide bonds. The van der Waals surface area contributed by atoms with Crippen LogP contribution in [0.15, 0.2) is 48.5 Å². The van der Waals surface area contributed by atoms with E-state index in [2.05, 4.69) is 10.4 Å². The van der Waals surface area contributed by atoms with Crippen LogP contribution in [-0.2, 0) is 11.3 Å². The molecule has 3 rings (SSSR count). The van der Waals surface area contributed by atoms with Crippen LogP contribution in [0.1, 0.15) is 11.3 Å². The molecule has 0 aliphatic rings. The quantitative estimate of drug-likeness (QED) is 0.614. The van der Waals surface area contributed by atoms with Crippen LogP contribution in [0.4, 0.5) is 10.2 Å². The molecular formula is C22H25FN4O3. The van der Waals surface area contributed by atoms with Crippen LogP contribution >= 0.6 is 0 Å². The molecule has 0 radical (unpaired) electrons. The Morgan fingerprint density at radius 2 is 1.87 bits per heavy atom. The summed E-state index contributed by atoms with van der Waals surface area (Å²) >= 11 is 0. The lowest BCUT2D eigenvalue weighted by molar-refractivity contribution is -0.117. The molecule has 0 unspecified atom stereocenters. The Hall–Kier alpha value is -3.39. The van der Waals surface area contributed by atoms with E-state index in [1.807, 2.05) is 37.1 Å². The second-order valence-electron chi connectivity index (χ2n) is 6.96. The second kappa shape index (κ2) is 9.41. The molecule has 0 fully saturated rings. The standard InChI is InChI=1S/C22H25FN4O3/c1-15-11-21(27(25-15)18-8-6-17(23)7-9-18)24-22(28)14-26(2)13-16-5-10-19(29-3)12-20(16)30-4/h5-12H,13-14H2,1-4H3,(H,24,28). The molecule has 1 heterocycles. The highest BCUT2D eigenvalue weighted by Crippen LogP contribution is 2.25. The summed E-state index contributed by atoms with van der Waals surface area (Å²) in [7, 11) is 5.05. The number of hydrogen-bond donors (Lipinski definition) is 1. The Bertz CT molecular complexity index is 1020. The van der Waals surface area contributed by atoms with E-state index in [0.29, 0.717) is 29.5 Å². The van der Waals surface area contributed by atoms with Gasteiger partial charge in [-0.05, 0) is 44.3 Å². The Kier molecular flexibility index (Phi) is 6.68. The minimum Gasteiger partial charge on any atom is -0.497 e. The molecule has 0 saturated carbocycles. The first-order valence-electron chi connectivity index (χ1n) is 9.41. The number of nitrogens with one attached hydrogen (secondary N) is 1. The van der Waals surface area contributed by atoms with Crippen LogP contribution in [-0.4, -0.2) is 48.4 Å². The summed E-state index contributed by atoms with van der Waals surface area (Å²) in [5, 5.41) is 7.27. The molecule has 1 aromatic heterocycles. The number of ether oxygens (including phenoxy) is 2. The van der Waals surface area contributed by atoms with Gasteiger partial charge in [-0.2, -0.15) is 5.10 Å². The predicted molar refractivity (Wildman–Crippen MR) is 113 cm³/mol. The second-order valence-corrected chi connectivity index (χ2v) is 6.96. The number of amides is 1. The normalized spacial score (nSPS) is 10.9. The van der Waals surface area contributed by atoms with E-state index in [9.17, 15) is 9.18 Å². The number of carbonyl (C=O) groups excluding carboxylic acids is 1. The summed E-state index contributed by atoms with van der Waals surface area (Å²) in [5.41, 5.74) is 2.35. The predicted octanol–water partition coefficient (Wildman–Crippen LogP) is 3.41. The summed E-state index contributed by atoms with van der Waals surface area (Å²) in [6.07, 6.45) is 0. The van der Waals surface area contributed by atoms with Gasteiger partial charge in [0.2, 0.25) is 5.91 Å². The molecule has 3 aromatic rings. The van der Waals surface area contributed by atoms with Crippen molar-refractivity contribution in [1.29, 1.82) is 0 Å². The van der Waals surface area contributed by atoms with E-state index in [1.54, 1.807) is 37.1 Å². The van der Waals surface area contributed by atoms with Gasteiger partial charge in [-0.25, -0.2) is 9.07 Å². The zero-order valence-corrected chi connectivity index (χ0v) is 17.5. The Balaban J connectivity index is 1.67. The molecule has 1 N–H and O–H groups in total. The van der Waals surface area contributed by atoms with Crippen LogP contribution in [0.3, 0.4) is 0 Å². The molecular weight excluding hydrogens is 387 g/mol. The minimum absolute atomic E-state index is 0.169. The van der Waals surface area contributed by atoms with Crippen LogP contribution in [0.25, 0.3) is 5.69 Å². The number of aromatic nitrogens is 2. The number of benzene rings is 2. The van der Waals surface area contributed by atoms with Crippen molar-refractivity contribution < 1.29 is 18.7 Å². The number of nitrogens with zero attached hydrogens (tertiary/aromatic N) is 3. The van der Waals surface area contributed by atoms with Crippen molar-refractivity contribution in [2.45, 2.75) is 13.5 Å². The van der Waals surface area contributed by atoms with Crippen molar-refractivity contribution in [3.05, 3.63) is 65.6 Å². The highest BCUT2D eigenvalue weighted by molar-refractivity contribution is 5.91. The molecule has 2 aromatic carbocycles. The summed E-state index contributed by atoms with van der Waals surface area (Å²) in [4.78, 5) is 14.5. The van der Waals surface area contributed by atoms with Gasteiger partial charge in [0.1, 0.15) is 23.1 Å². The Morgan fingerprint density at radius 1 is 1.13 bits per heavy atom. The van der Waals surface area contributed by atoms with Gasteiger partial charge >= 0.3 is 0 Å². The maximum atomic E-state index is 13.2. The minimum atomic E-state index is -0.330. The smallest absolute Gasteiger partial charge is 0.239 e. The molecule has 0 aliphatic heterocycles. The summed E-state index contributed by atoms with van der Waals surface area (Å²) in [6, 6.07) is 13.3. The van der Waals surface area contributed by atoms with Gasteiger partial charge in [0.25, 0.3) is 0 Å². The fourth-order valence-corrected chi connectivity index (χ4v) is 3.12. The maximum Gasteiger partial charge on any atom is 0.239 e. The van der Waals surface area contributed by atoms with Crippen LogP contribution in [0.2, 0.25) is 0 Å². The lowest BCUT2D eigenvalue weighted by Gasteiger charge is -2.18. The Labute approximate surface area is 175 Å². The number of carbonyl (C=O) groups is 1. The maximum absolute atomic E-state index is 13.2. The van der Waals surface area contributed by atoms with Gasteiger partial charge in [0.15, 0.2) is 0 Å². The highest BCUT2D eigenvalue weighted by Gasteiger charge is 2.14. The van der Waals surface area contributed by atoms with Crippen LogP contribution in [0.5, 0.6) is 11.5 Å². The van der Waals surface area contributed by atoms with E-state index >= 15 is 0 Å². The van der Waals surface area contributed by atoms with Gasteiger partial charge in [0, 0.05) is 24.2 Å². The number of likely N-dealkylation sites (N-methyl/N-ethyl adjacent to an activating group) is 1. The topological polar surface area (TPSA) is 68.6 Å². The first-order valence-corrected chi connectivity index (χ1v) is 9.41. The monoisotopic (exact) mass is 412 g/mol. The van der Waals surface area contributed by atoms with Crippen molar-refractivity contribution in [1.82, 2.24) is 14.7 Å². The van der Waals surface area contributed by atoms with E-state index in [-0.39, 0.29) is 18.3 Å². The molecule has 0 spiro atoms. The number of methoxy groups -OCH3 is 2. The lowest BCUT2D eigenvalue weighted by atomic mass is 10.2. The van der Waals surface area contributed by atoms with Crippen molar-refractivity contribution in [2.75, 3.05) is 33.1 Å². The third kappa shape index (κ3) is 5.15. The largest absolute Gasteiger partial charge is 0.497 e. The average Bonchev–Trinajstić information content (AvgIpc) is 3.08. The third-order valence-electron chi connectivity index (χ3n) is 4.52. The number of aryl methyl sites for hydroxylation is 1. The van der Waals surface area contributed by atoms with Gasteiger partial charge in [0.05, 0.1) is 32.1 Å². The summed E-state index contributed by atoms with van der Waals surface area (Å²) in [5.74, 6) is 1.42. The molecule has 30 heavy (non-hydrogen) atoms. The molecule has 8 heteroatoms. The molecule has 0 saturated heterocycles. The zero-order valence-electron chi connectivity index (χ0n) is 17.5. The van der Waals surface area contributed by atoms with E-state index < -0.39 is 0 Å². The van der Waals surface area contributed by atoms with Crippen molar-refractivity contribution in [3.8, 4) is 17.2 Å². The van der Waals surface area contributed by atoms with Crippen molar-refractivity contribution >= 4 is 11.7 Å². The van der Waals surface area contributed by atoms with Gasteiger partial charge in [-0.15, -0.1) is 0 Å². The summed E-state index contributed by atoms with van der Waals surface area (Å²) in [6.45, 7) is 2.53. The van der Waals surface area contributed by atoms with Gasteiger partial charge < -0.3 is 14.8 Å². The van der Waals surface area contributed by atoms with Crippen molar-refractivity contribution in [2.24, 2.45) is 0 Å². The van der Waals surface area contributed by atoms with E-state index in [4.69, 9.17) is 9.47 Å². The lowest BCUT2D eigenvalue weighted by Crippen LogP contribution is -2.30. The van der Waals surface area contributed by atoms with Gasteiger partial charge in [-0.1, -0.05) is 6.07 Å². The Morgan fingerprint density at radius 3 is 2.53 bits per heavy atom. The van der Waals surface area contributed by atoms with Crippen LogP contribution in [0, 0.1) is 12.7 Å².